The van der Waals surface area contributed by atoms with Gasteiger partial charge in [-0.15, -0.1) is 0 Å². The van der Waals surface area contributed by atoms with Crippen LogP contribution in [-0.4, -0.2) is 75.7 Å². The molecule has 0 bridgehead atoms. The third-order valence-corrected chi connectivity index (χ3v) is 6.70. The lowest BCUT2D eigenvalue weighted by Gasteiger charge is -2.25. The first-order valence-corrected chi connectivity index (χ1v) is 12.7. The zero-order chi connectivity index (χ0) is 25.8. The van der Waals surface area contributed by atoms with E-state index in [1.807, 2.05) is 36.1 Å². The number of fused-ring (bicyclic) bond motifs is 1. The number of aliphatic imine (C=N–C) groups is 1. The number of imidazole rings is 1. The lowest BCUT2D eigenvalue weighted by molar-refractivity contribution is -0.140. The molecule has 0 radical (unpaired) electrons. The smallest absolute Gasteiger partial charge is 0.276 e. The molecule has 3 N–H and O–H groups in total. The number of aromatic nitrogens is 2. The highest BCUT2D eigenvalue weighted by atomic mass is 16.3. The van der Waals surface area contributed by atoms with Crippen LogP contribution in [0, 0.1) is 6.92 Å². The number of guanidine groups is 1. The lowest BCUT2D eigenvalue weighted by Crippen LogP contribution is -2.45. The maximum atomic E-state index is 13.5. The first-order chi connectivity index (χ1) is 18.0. The van der Waals surface area contributed by atoms with Crippen molar-refractivity contribution < 1.29 is 18.8 Å². The number of anilines is 1. The van der Waals surface area contributed by atoms with Gasteiger partial charge >= 0.3 is 0 Å². The number of furan rings is 1. The number of H-pyrrole nitrogens is 1. The second kappa shape index (κ2) is 10.9. The van der Waals surface area contributed by atoms with Gasteiger partial charge in [0.25, 0.3) is 5.91 Å². The van der Waals surface area contributed by atoms with Gasteiger partial charge < -0.3 is 24.5 Å². The Kier molecular flexibility index (Phi) is 7.20. The number of hydrogen-bond acceptors (Lipinski definition) is 6. The summed E-state index contributed by atoms with van der Waals surface area (Å²) in [6.07, 6.45) is 6.94. The van der Waals surface area contributed by atoms with Gasteiger partial charge in [-0.3, -0.25) is 19.7 Å². The molecule has 11 heteroatoms. The van der Waals surface area contributed by atoms with Crippen molar-refractivity contribution in [2.24, 2.45) is 4.99 Å². The van der Waals surface area contributed by atoms with Gasteiger partial charge in [0.2, 0.25) is 17.8 Å². The Bertz CT molecular complexity index is 1310. The van der Waals surface area contributed by atoms with Crippen LogP contribution in [0.1, 0.15) is 48.4 Å². The van der Waals surface area contributed by atoms with Gasteiger partial charge in [0.05, 0.1) is 19.1 Å². The van der Waals surface area contributed by atoms with E-state index in [2.05, 4.69) is 25.6 Å². The molecule has 2 saturated heterocycles. The molecule has 194 valence electrons. The molecule has 11 nitrogen and oxygen atoms in total. The summed E-state index contributed by atoms with van der Waals surface area (Å²) >= 11 is 0. The molecule has 37 heavy (non-hydrogen) atoms. The largest absolute Gasteiger partial charge is 0.461 e. The van der Waals surface area contributed by atoms with Crippen LogP contribution < -0.4 is 10.6 Å². The molecule has 4 heterocycles. The van der Waals surface area contributed by atoms with E-state index in [4.69, 9.17) is 4.42 Å². The third kappa shape index (κ3) is 5.82. The molecule has 2 aliphatic rings. The predicted octanol–water partition coefficient (Wildman–Crippen LogP) is 2.67. The van der Waals surface area contributed by atoms with E-state index in [1.165, 1.54) is 12.5 Å². The minimum Gasteiger partial charge on any atom is -0.461 e. The van der Waals surface area contributed by atoms with Gasteiger partial charge in [-0.05, 0) is 63.3 Å². The number of carbonyl (C=O) groups excluding carboxylic acids is 3. The second-order valence-corrected chi connectivity index (χ2v) is 9.49. The Morgan fingerprint density at radius 3 is 2.76 bits per heavy atom. The van der Waals surface area contributed by atoms with Crippen LogP contribution in [0.4, 0.5) is 5.69 Å². The van der Waals surface area contributed by atoms with E-state index in [9.17, 15) is 14.4 Å². The van der Waals surface area contributed by atoms with Crippen LogP contribution in [0.3, 0.4) is 0 Å². The van der Waals surface area contributed by atoms with Crippen LogP contribution in [0.15, 0.2) is 46.2 Å². The number of amides is 3. The Morgan fingerprint density at radius 2 is 1.97 bits per heavy atom. The van der Waals surface area contributed by atoms with Crippen molar-refractivity contribution in [1.29, 1.82) is 0 Å². The molecule has 1 unspecified atom stereocenters. The standard InChI is InChI=1S/C26H31N7O4/c1-17-12-18-13-19(7-8-22(18)37-17)29-26(31-24(35)21-14-27-16-28-21)30-20-6-2-3-11-33(25(20)36)15-23(34)32-9-4-5-10-32/h7-8,12-14,16,20H,2-6,9-11,15H2,1H3,(H,27,28)(H2,29,30,31,35). The first kappa shape index (κ1) is 24.5. The maximum Gasteiger partial charge on any atom is 0.276 e. The van der Waals surface area contributed by atoms with E-state index < -0.39 is 11.9 Å². The fraction of sp³-hybridized carbons (Fsp3) is 0.423. The van der Waals surface area contributed by atoms with Gasteiger partial charge in [-0.25, -0.2) is 9.98 Å². The fourth-order valence-corrected chi connectivity index (χ4v) is 4.79. The molecule has 2 aromatic heterocycles. The highest BCUT2D eigenvalue weighted by Crippen LogP contribution is 2.23. The molecule has 0 aliphatic carbocycles. The van der Waals surface area contributed by atoms with Gasteiger partial charge in [-0.1, -0.05) is 0 Å². The monoisotopic (exact) mass is 505 g/mol. The van der Waals surface area contributed by atoms with Crippen molar-refractivity contribution in [3.63, 3.8) is 0 Å². The molecule has 1 atom stereocenters. The second-order valence-electron chi connectivity index (χ2n) is 9.49. The van der Waals surface area contributed by atoms with Crippen molar-refractivity contribution in [2.45, 2.75) is 45.1 Å². The molecule has 3 amide bonds. The Balaban J connectivity index is 1.38. The summed E-state index contributed by atoms with van der Waals surface area (Å²) < 4.78 is 5.65. The summed E-state index contributed by atoms with van der Waals surface area (Å²) in [6, 6.07) is 6.74. The molecule has 2 aliphatic heterocycles. The van der Waals surface area contributed by atoms with E-state index in [0.717, 1.165) is 55.5 Å². The molecular formula is C26H31N7O4. The molecular weight excluding hydrogens is 474 g/mol. The third-order valence-electron chi connectivity index (χ3n) is 6.70. The quantitative estimate of drug-likeness (QED) is 0.360. The number of likely N-dealkylation sites (tertiary alicyclic amines) is 2. The van der Waals surface area contributed by atoms with Crippen LogP contribution in [0.5, 0.6) is 0 Å². The van der Waals surface area contributed by atoms with Crippen LogP contribution in [0.2, 0.25) is 0 Å². The van der Waals surface area contributed by atoms with Crippen molar-refractivity contribution in [3.05, 3.63) is 48.2 Å². The fourth-order valence-electron chi connectivity index (χ4n) is 4.79. The minimum atomic E-state index is -0.724. The van der Waals surface area contributed by atoms with Crippen molar-refractivity contribution >= 4 is 40.3 Å². The SMILES string of the molecule is Cc1cc2cc(NC(=NC3CCCCN(CC(=O)N4CCCC4)C3=O)NC(=O)c3cnc[nH]3)ccc2o1. The topological polar surface area (TPSA) is 136 Å². The summed E-state index contributed by atoms with van der Waals surface area (Å²) in [7, 11) is 0. The molecule has 3 aromatic rings. The molecule has 1 aromatic carbocycles. The van der Waals surface area contributed by atoms with E-state index in [1.54, 1.807) is 4.90 Å². The maximum absolute atomic E-state index is 13.5. The summed E-state index contributed by atoms with van der Waals surface area (Å²) in [6.45, 7) is 3.95. The number of nitrogens with zero attached hydrogens (tertiary/aromatic N) is 4. The first-order valence-electron chi connectivity index (χ1n) is 12.7. The van der Waals surface area contributed by atoms with E-state index in [0.29, 0.717) is 18.7 Å². The van der Waals surface area contributed by atoms with Gasteiger partial charge in [0.1, 0.15) is 23.1 Å². The zero-order valence-electron chi connectivity index (χ0n) is 20.8. The molecule has 0 saturated carbocycles. The highest BCUT2D eigenvalue weighted by Gasteiger charge is 2.30. The van der Waals surface area contributed by atoms with Crippen molar-refractivity contribution in [3.8, 4) is 0 Å². The van der Waals surface area contributed by atoms with Crippen molar-refractivity contribution in [2.75, 3.05) is 31.5 Å². The Hall–Kier alpha value is -4.15. The van der Waals surface area contributed by atoms with Crippen LogP contribution >= 0.6 is 0 Å². The number of hydrogen-bond donors (Lipinski definition) is 3. The number of rotatable bonds is 5. The Labute approximate surface area is 214 Å². The lowest BCUT2D eigenvalue weighted by atomic mass is 10.1. The van der Waals surface area contributed by atoms with Crippen LogP contribution in [0.25, 0.3) is 11.0 Å². The van der Waals surface area contributed by atoms with Gasteiger partial charge in [-0.2, -0.15) is 0 Å². The predicted molar refractivity (Wildman–Crippen MR) is 138 cm³/mol. The number of carbonyl (C=O) groups is 3. The van der Waals surface area contributed by atoms with Gasteiger partial charge in [0, 0.05) is 30.7 Å². The van der Waals surface area contributed by atoms with E-state index in [-0.39, 0.29) is 30.0 Å². The number of aryl methyl sites for hydroxylation is 1. The van der Waals surface area contributed by atoms with Crippen molar-refractivity contribution in [1.82, 2.24) is 25.1 Å². The normalized spacial score (nSPS) is 18.8. The number of aromatic amines is 1. The molecule has 5 rings (SSSR count). The van der Waals surface area contributed by atoms with Crippen LogP contribution in [-0.2, 0) is 9.59 Å². The molecule has 2 fully saturated rings. The average molecular weight is 506 g/mol. The number of benzene rings is 1. The highest BCUT2D eigenvalue weighted by molar-refractivity contribution is 6.10. The zero-order valence-corrected chi connectivity index (χ0v) is 20.8. The summed E-state index contributed by atoms with van der Waals surface area (Å²) in [4.78, 5) is 53.8. The summed E-state index contributed by atoms with van der Waals surface area (Å²) in [5.74, 6) is 0.267. The minimum absolute atomic E-state index is 0.0231. The summed E-state index contributed by atoms with van der Waals surface area (Å²) in [5, 5.41) is 6.83. The van der Waals surface area contributed by atoms with Gasteiger partial charge in [0.15, 0.2) is 0 Å². The summed E-state index contributed by atoms with van der Waals surface area (Å²) in [5.41, 5.74) is 1.69. The van der Waals surface area contributed by atoms with E-state index >= 15 is 0 Å². The Morgan fingerprint density at radius 1 is 1.16 bits per heavy atom. The molecule has 0 spiro atoms. The number of nitrogens with one attached hydrogen (secondary N) is 3. The average Bonchev–Trinajstić information content (AvgIpc) is 3.64.